The Bertz CT molecular complexity index is 1020. The predicted octanol–water partition coefficient (Wildman–Crippen LogP) is 1.53. The van der Waals surface area contributed by atoms with Crippen molar-refractivity contribution in [3.8, 4) is 11.5 Å². The summed E-state index contributed by atoms with van der Waals surface area (Å²) in [7, 11) is -3.57. The highest BCUT2D eigenvalue weighted by Crippen LogP contribution is 2.29. The van der Waals surface area contributed by atoms with Crippen molar-refractivity contribution >= 4 is 9.84 Å². The summed E-state index contributed by atoms with van der Waals surface area (Å²) < 4.78 is 34.8. The van der Waals surface area contributed by atoms with Gasteiger partial charge < -0.3 is 9.47 Å². The van der Waals surface area contributed by atoms with Crippen LogP contribution in [0.1, 0.15) is 30.7 Å². The van der Waals surface area contributed by atoms with Crippen LogP contribution in [0, 0.1) is 0 Å². The molecule has 0 spiro atoms. The molecule has 2 aromatic rings. The molecule has 152 valence electrons. The third-order valence-electron chi connectivity index (χ3n) is 4.50. The summed E-state index contributed by atoms with van der Waals surface area (Å²) in [5, 5.41) is -0.280. The van der Waals surface area contributed by atoms with Crippen LogP contribution in [0.3, 0.4) is 0 Å². The number of aromatic nitrogens is 2. The lowest BCUT2D eigenvalue weighted by Gasteiger charge is -2.27. The van der Waals surface area contributed by atoms with E-state index in [4.69, 9.17) is 9.47 Å². The fraction of sp³-hybridized carbons (Fsp3) is 0.474. The molecule has 0 saturated heterocycles. The van der Waals surface area contributed by atoms with E-state index in [0.29, 0.717) is 62.0 Å². The Labute approximate surface area is 164 Å². The van der Waals surface area contributed by atoms with Crippen molar-refractivity contribution in [2.75, 3.05) is 26.0 Å². The summed E-state index contributed by atoms with van der Waals surface area (Å²) in [6, 6.07) is 5.83. The number of hydrogen-bond acceptors (Lipinski definition) is 7. The van der Waals surface area contributed by atoms with Crippen LogP contribution in [-0.2, 0) is 29.3 Å². The quantitative estimate of drug-likeness (QED) is 0.695. The van der Waals surface area contributed by atoms with Gasteiger partial charge in [-0.15, -0.1) is 0 Å². The second-order valence-corrected chi connectivity index (χ2v) is 8.61. The average Bonchev–Trinajstić information content (AvgIpc) is 2.63. The first-order chi connectivity index (χ1) is 13.3. The second-order valence-electron chi connectivity index (χ2n) is 6.68. The second kappa shape index (κ2) is 8.32. The molecule has 2 heterocycles. The fourth-order valence-electron chi connectivity index (χ4n) is 3.23. The SMILES string of the molecule is CCOc1ccc(CN2CCc3c(nc(S(C)(=O)=O)[nH]c3=O)C2)cc1OCC. The minimum absolute atomic E-state index is 0.280. The first-order valence-electron chi connectivity index (χ1n) is 9.24. The molecule has 3 rings (SSSR count). The van der Waals surface area contributed by atoms with E-state index in [-0.39, 0.29) is 10.7 Å². The summed E-state index contributed by atoms with van der Waals surface area (Å²) in [5.41, 5.74) is 1.75. The van der Waals surface area contributed by atoms with Gasteiger partial charge in [-0.3, -0.25) is 14.7 Å². The van der Waals surface area contributed by atoms with Gasteiger partial charge in [0, 0.05) is 31.5 Å². The number of ether oxygens (including phenoxy) is 2. The van der Waals surface area contributed by atoms with Crippen LogP contribution in [0.4, 0.5) is 0 Å². The van der Waals surface area contributed by atoms with Gasteiger partial charge in [-0.05, 0) is 38.0 Å². The van der Waals surface area contributed by atoms with E-state index in [9.17, 15) is 13.2 Å². The lowest BCUT2D eigenvalue weighted by atomic mass is 10.1. The van der Waals surface area contributed by atoms with Crippen molar-refractivity contribution in [3.63, 3.8) is 0 Å². The van der Waals surface area contributed by atoms with Gasteiger partial charge in [0.2, 0.25) is 15.0 Å². The zero-order chi connectivity index (χ0) is 20.3. The van der Waals surface area contributed by atoms with Crippen LogP contribution in [0.25, 0.3) is 0 Å². The van der Waals surface area contributed by atoms with E-state index >= 15 is 0 Å². The topological polar surface area (TPSA) is 102 Å². The zero-order valence-corrected chi connectivity index (χ0v) is 17.1. The Hall–Kier alpha value is -2.39. The molecule has 0 aliphatic carbocycles. The molecule has 0 bridgehead atoms. The van der Waals surface area contributed by atoms with E-state index < -0.39 is 9.84 Å². The molecular weight excluding hydrogens is 382 g/mol. The maximum atomic E-state index is 12.2. The molecule has 1 aromatic carbocycles. The van der Waals surface area contributed by atoms with Crippen LogP contribution in [0.5, 0.6) is 11.5 Å². The molecule has 1 aliphatic heterocycles. The highest BCUT2D eigenvalue weighted by atomic mass is 32.2. The van der Waals surface area contributed by atoms with Crippen molar-refractivity contribution < 1.29 is 17.9 Å². The summed E-state index contributed by atoms with van der Waals surface area (Å²) in [4.78, 5) is 20.9. The number of fused-ring (bicyclic) bond motifs is 1. The minimum atomic E-state index is -3.57. The number of benzene rings is 1. The summed E-state index contributed by atoms with van der Waals surface area (Å²) in [6.45, 7) is 6.69. The van der Waals surface area contributed by atoms with E-state index in [1.807, 2.05) is 32.0 Å². The Morgan fingerprint density at radius 3 is 2.57 bits per heavy atom. The smallest absolute Gasteiger partial charge is 0.255 e. The number of rotatable bonds is 7. The van der Waals surface area contributed by atoms with Crippen molar-refractivity contribution in [2.24, 2.45) is 0 Å². The predicted molar refractivity (Wildman–Crippen MR) is 105 cm³/mol. The van der Waals surface area contributed by atoms with E-state index in [0.717, 1.165) is 11.8 Å². The van der Waals surface area contributed by atoms with Gasteiger partial charge in [0.05, 0.1) is 18.9 Å². The molecule has 8 nitrogen and oxygen atoms in total. The summed E-state index contributed by atoms with van der Waals surface area (Å²) >= 11 is 0. The molecule has 9 heteroatoms. The standard InChI is InChI=1S/C19H25N3O5S/c1-4-26-16-7-6-13(10-17(16)27-5-2)11-22-9-8-14-15(12-22)20-19(21-18(14)23)28(3,24)25/h6-7,10H,4-5,8-9,11-12H2,1-3H3,(H,20,21,23). The Balaban J connectivity index is 1.82. The van der Waals surface area contributed by atoms with Crippen LogP contribution in [-0.4, -0.2) is 49.3 Å². The van der Waals surface area contributed by atoms with Crippen LogP contribution < -0.4 is 15.0 Å². The van der Waals surface area contributed by atoms with Crippen LogP contribution >= 0.6 is 0 Å². The van der Waals surface area contributed by atoms with Gasteiger partial charge in [0.25, 0.3) is 5.56 Å². The van der Waals surface area contributed by atoms with E-state index in [2.05, 4.69) is 14.9 Å². The molecule has 0 radical (unpaired) electrons. The molecule has 0 amide bonds. The van der Waals surface area contributed by atoms with Gasteiger partial charge >= 0.3 is 0 Å². The molecule has 0 atom stereocenters. The largest absolute Gasteiger partial charge is 0.490 e. The zero-order valence-electron chi connectivity index (χ0n) is 16.3. The van der Waals surface area contributed by atoms with Crippen molar-refractivity contribution in [3.05, 3.63) is 45.4 Å². The summed E-state index contributed by atoms with van der Waals surface area (Å²) in [6.07, 6.45) is 1.56. The van der Waals surface area contributed by atoms with Gasteiger partial charge in [0.1, 0.15) is 0 Å². The van der Waals surface area contributed by atoms with Crippen LogP contribution in [0.15, 0.2) is 28.2 Å². The molecule has 28 heavy (non-hydrogen) atoms. The minimum Gasteiger partial charge on any atom is -0.490 e. The lowest BCUT2D eigenvalue weighted by Crippen LogP contribution is -2.35. The Morgan fingerprint density at radius 2 is 1.89 bits per heavy atom. The third-order valence-corrected chi connectivity index (χ3v) is 5.39. The van der Waals surface area contributed by atoms with Crippen molar-refractivity contribution in [1.29, 1.82) is 0 Å². The Morgan fingerprint density at radius 1 is 1.18 bits per heavy atom. The highest BCUT2D eigenvalue weighted by molar-refractivity contribution is 7.90. The molecule has 1 aromatic heterocycles. The highest BCUT2D eigenvalue weighted by Gasteiger charge is 2.23. The molecule has 0 saturated carbocycles. The van der Waals surface area contributed by atoms with Crippen molar-refractivity contribution in [1.82, 2.24) is 14.9 Å². The number of sulfone groups is 1. The number of nitrogens with one attached hydrogen (secondary N) is 1. The molecular formula is C19H25N3O5S. The number of nitrogens with zero attached hydrogens (tertiary/aromatic N) is 2. The van der Waals surface area contributed by atoms with E-state index in [1.165, 1.54) is 0 Å². The number of H-pyrrole nitrogens is 1. The maximum absolute atomic E-state index is 12.2. The summed E-state index contributed by atoms with van der Waals surface area (Å²) in [5.74, 6) is 1.41. The molecule has 0 unspecified atom stereocenters. The molecule has 1 aliphatic rings. The fourth-order valence-corrected chi connectivity index (χ4v) is 3.79. The van der Waals surface area contributed by atoms with Gasteiger partial charge in [-0.1, -0.05) is 6.07 Å². The molecule has 0 fully saturated rings. The van der Waals surface area contributed by atoms with Gasteiger partial charge in [0.15, 0.2) is 11.5 Å². The maximum Gasteiger partial charge on any atom is 0.255 e. The number of hydrogen-bond donors (Lipinski definition) is 1. The monoisotopic (exact) mass is 407 g/mol. The average molecular weight is 407 g/mol. The Kier molecular flexibility index (Phi) is 6.04. The first kappa shape index (κ1) is 20.3. The normalized spacial score (nSPS) is 14.5. The third kappa shape index (κ3) is 4.53. The lowest BCUT2D eigenvalue weighted by molar-refractivity contribution is 0.238. The number of aromatic amines is 1. The molecule has 1 N–H and O–H groups in total. The van der Waals surface area contributed by atoms with Crippen molar-refractivity contribution in [2.45, 2.75) is 38.5 Å². The first-order valence-corrected chi connectivity index (χ1v) is 11.1. The van der Waals surface area contributed by atoms with Crippen LogP contribution in [0.2, 0.25) is 0 Å². The van der Waals surface area contributed by atoms with E-state index in [1.54, 1.807) is 0 Å². The van der Waals surface area contributed by atoms with Gasteiger partial charge in [-0.2, -0.15) is 0 Å². The van der Waals surface area contributed by atoms with Gasteiger partial charge in [-0.25, -0.2) is 13.4 Å².